The average molecular weight is 356 g/mol. The Balaban J connectivity index is 1.85. The van der Waals surface area contributed by atoms with Crippen molar-refractivity contribution >= 4 is 17.8 Å². The van der Waals surface area contributed by atoms with E-state index in [-0.39, 0.29) is 17.7 Å². The molecule has 0 saturated carbocycles. The first kappa shape index (κ1) is 19.0. The van der Waals surface area contributed by atoms with E-state index >= 15 is 0 Å². The zero-order chi connectivity index (χ0) is 19.1. The first-order valence-corrected chi connectivity index (χ1v) is 7.88. The van der Waals surface area contributed by atoms with Gasteiger partial charge in [0.2, 0.25) is 0 Å². The number of aryl methyl sites for hydroxylation is 2. The highest BCUT2D eigenvalue weighted by Crippen LogP contribution is 2.16. The van der Waals surface area contributed by atoms with Gasteiger partial charge in [0.1, 0.15) is 5.75 Å². The third-order valence-corrected chi connectivity index (χ3v) is 3.71. The Morgan fingerprint density at radius 2 is 1.65 bits per heavy atom. The van der Waals surface area contributed by atoms with E-state index in [0.717, 1.165) is 11.1 Å². The molecule has 0 saturated heterocycles. The molecular formula is C19H20N2O5. The number of hydrazine groups is 1. The number of nitrogens with one attached hydrogen (secondary N) is 2. The van der Waals surface area contributed by atoms with Gasteiger partial charge in [-0.25, -0.2) is 4.79 Å². The van der Waals surface area contributed by atoms with Crippen molar-refractivity contribution in [2.75, 3.05) is 13.7 Å². The first-order chi connectivity index (χ1) is 12.4. The smallest absolute Gasteiger partial charge is 0.337 e. The molecule has 136 valence electrons. The van der Waals surface area contributed by atoms with Crippen LogP contribution in [0, 0.1) is 13.8 Å². The standard InChI is InChI=1S/C19H20N2O5/c1-12-7-8-16(9-13(12)2)26-11-17(22)20-21-18(23)14-5-4-6-15(10-14)19(24)25-3/h4-10H,11H2,1-3H3,(H,20,22)(H,21,23). The maximum atomic E-state index is 12.0. The lowest BCUT2D eigenvalue weighted by Gasteiger charge is -2.10. The SMILES string of the molecule is COC(=O)c1cccc(C(=O)NNC(=O)COc2ccc(C)c(C)c2)c1. The van der Waals surface area contributed by atoms with Gasteiger partial charge in [-0.2, -0.15) is 0 Å². The zero-order valence-electron chi connectivity index (χ0n) is 14.8. The highest BCUT2D eigenvalue weighted by molar-refractivity contribution is 5.98. The summed E-state index contributed by atoms with van der Waals surface area (Å²) in [4.78, 5) is 35.3. The molecule has 0 bridgehead atoms. The molecule has 0 aliphatic rings. The van der Waals surface area contributed by atoms with E-state index in [2.05, 4.69) is 15.6 Å². The molecule has 0 aromatic heterocycles. The monoisotopic (exact) mass is 356 g/mol. The quantitative estimate of drug-likeness (QED) is 0.631. The van der Waals surface area contributed by atoms with E-state index in [1.54, 1.807) is 12.1 Å². The fourth-order valence-electron chi connectivity index (χ4n) is 2.09. The number of amides is 2. The van der Waals surface area contributed by atoms with Crippen molar-refractivity contribution in [2.45, 2.75) is 13.8 Å². The van der Waals surface area contributed by atoms with Crippen LogP contribution in [-0.2, 0) is 9.53 Å². The molecule has 2 aromatic carbocycles. The van der Waals surface area contributed by atoms with Gasteiger partial charge in [-0.3, -0.25) is 20.4 Å². The summed E-state index contributed by atoms with van der Waals surface area (Å²) in [5.41, 5.74) is 7.17. The number of hydrogen-bond acceptors (Lipinski definition) is 5. The largest absolute Gasteiger partial charge is 0.484 e. The minimum Gasteiger partial charge on any atom is -0.484 e. The predicted molar refractivity (Wildman–Crippen MR) is 94.8 cm³/mol. The Hall–Kier alpha value is -3.35. The molecule has 2 amide bonds. The van der Waals surface area contributed by atoms with Crippen LogP contribution in [0.1, 0.15) is 31.8 Å². The minimum absolute atomic E-state index is 0.211. The third kappa shape index (κ3) is 5.07. The Labute approximate surface area is 151 Å². The van der Waals surface area contributed by atoms with Crippen LogP contribution in [0.5, 0.6) is 5.75 Å². The van der Waals surface area contributed by atoms with Gasteiger partial charge >= 0.3 is 5.97 Å². The summed E-state index contributed by atoms with van der Waals surface area (Å²) in [5.74, 6) is -1.05. The van der Waals surface area contributed by atoms with Crippen LogP contribution in [0.2, 0.25) is 0 Å². The molecule has 0 aliphatic heterocycles. The van der Waals surface area contributed by atoms with Gasteiger partial charge in [-0.1, -0.05) is 12.1 Å². The third-order valence-electron chi connectivity index (χ3n) is 3.71. The van der Waals surface area contributed by atoms with Gasteiger partial charge in [-0.15, -0.1) is 0 Å². The Morgan fingerprint density at radius 3 is 2.35 bits per heavy atom. The maximum Gasteiger partial charge on any atom is 0.337 e. The molecule has 2 N–H and O–H groups in total. The predicted octanol–water partition coefficient (Wildman–Crippen LogP) is 1.93. The van der Waals surface area contributed by atoms with Crippen molar-refractivity contribution in [3.05, 3.63) is 64.7 Å². The molecule has 7 nitrogen and oxygen atoms in total. The summed E-state index contributed by atoms with van der Waals surface area (Å²) in [5, 5.41) is 0. The van der Waals surface area contributed by atoms with Crippen LogP contribution < -0.4 is 15.6 Å². The summed E-state index contributed by atoms with van der Waals surface area (Å²) in [6, 6.07) is 11.5. The minimum atomic E-state index is -0.560. The molecule has 0 heterocycles. The summed E-state index contributed by atoms with van der Waals surface area (Å²) in [6.45, 7) is 3.69. The number of rotatable bonds is 5. The lowest BCUT2D eigenvalue weighted by atomic mass is 10.1. The van der Waals surface area contributed by atoms with Crippen molar-refractivity contribution in [1.29, 1.82) is 0 Å². The molecule has 26 heavy (non-hydrogen) atoms. The number of methoxy groups -OCH3 is 1. The fourth-order valence-corrected chi connectivity index (χ4v) is 2.09. The van der Waals surface area contributed by atoms with Gasteiger partial charge in [-0.05, 0) is 55.3 Å². The summed E-state index contributed by atoms with van der Waals surface area (Å²) in [6.07, 6.45) is 0. The average Bonchev–Trinajstić information content (AvgIpc) is 2.66. The summed E-state index contributed by atoms with van der Waals surface area (Å²) < 4.78 is 9.98. The lowest BCUT2D eigenvalue weighted by Crippen LogP contribution is -2.43. The van der Waals surface area contributed by atoms with E-state index in [1.165, 1.54) is 25.3 Å². The number of benzene rings is 2. The Bertz CT molecular complexity index is 832. The topological polar surface area (TPSA) is 93.7 Å². The second-order valence-electron chi connectivity index (χ2n) is 5.61. The van der Waals surface area contributed by atoms with E-state index in [4.69, 9.17) is 4.74 Å². The maximum absolute atomic E-state index is 12.0. The van der Waals surface area contributed by atoms with Crippen molar-refractivity contribution in [2.24, 2.45) is 0 Å². The molecule has 0 unspecified atom stereocenters. The summed E-state index contributed by atoms with van der Waals surface area (Å²) in [7, 11) is 1.25. The summed E-state index contributed by atoms with van der Waals surface area (Å²) >= 11 is 0. The molecule has 0 aliphatic carbocycles. The highest BCUT2D eigenvalue weighted by Gasteiger charge is 2.11. The van der Waals surface area contributed by atoms with Gasteiger partial charge in [0.25, 0.3) is 11.8 Å². The first-order valence-electron chi connectivity index (χ1n) is 7.88. The molecule has 0 fully saturated rings. The number of ether oxygens (including phenoxy) is 2. The van der Waals surface area contributed by atoms with Crippen LogP contribution in [0.3, 0.4) is 0 Å². The lowest BCUT2D eigenvalue weighted by molar-refractivity contribution is -0.123. The van der Waals surface area contributed by atoms with Crippen LogP contribution >= 0.6 is 0 Å². The fraction of sp³-hybridized carbons (Fsp3) is 0.211. The second kappa shape index (κ2) is 8.66. The van der Waals surface area contributed by atoms with Crippen molar-refractivity contribution in [3.63, 3.8) is 0 Å². The molecular weight excluding hydrogens is 336 g/mol. The Morgan fingerprint density at radius 1 is 0.923 bits per heavy atom. The second-order valence-corrected chi connectivity index (χ2v) is 5.61. The van der Waals surface area contributed by atoms with Crippen molar-refractivity contribution in [1.82, 2.24) is 10.9 Å². The van der Waals surface area contributed by atoms with Gasteiger partial charge in [0.15, 0.2) is 6.61 Å². The molecule has 2 aromatic rings. The highest BCUT2D eigenvalue weighted by atomic mass is 16.5. The number of carbonyl (C=O) groups is 3. The van der Waals surface area contributed by atoms with E-state index < -0.39 is 17.8 Å². The molecule has 0 atom stereocenters. The van der Waals surface area contributed by atoms with E-state index in [9.17, 15) is 14.4 Å². The molecule has 2 rings (SSSR count). The number of carbonyl (C=O) groups excluding carboxylic acids is 3. The van der Waals surface area contributed by atoms with Crippen molar-refractivity contribution < 1.29 is 23.9 Å². The molecule has 0 spiro atoms. The molecule has 0 radical (unpaired) electrons. The van der Waals surface area contributed by atoms with E-state index in [1.807, 2.05) is 26.0 Å². The van der Waals surface area contributed by atoms with Crippen LogP contribution in [0.25, 0.3) is 0 Å². The van der Waals surface area contributed by atoms with E-state index in [0.29, 0.717) is 5.75 Å². The van der Waals surface area contributed by atoms with Crippen LogP contribution in [0.15, 0.2) is 42.5 Å². The number of esters is 1. The van der Waals surface area contributed by atoms with Crippen molar-refractivity contribution in [3.8, 4) is 5.75 Å². The Kier molecular flexibility index (Phi) is 6.32. The molecule has 7 heteroatoms. The van der Waals surface area contributed by atoms with Crippen LogP contribution in [0.4, 0.5) is 0 Å². The van der Waals surface area contributed by atoms with Gasteiger partial charge in [0.05, 0.1) is 12.7 Å². The van der Waals surface area contributed by atoms with Gasteiger partial charge in [0, 0.05) is 5.56 Å². The number of hydrogen-bond donors (Lipinski definition) is 2. The normalized spacial score (nSPS) is 9.96. The zero-order valence-corrected chi connectivity index (χ0v) is 14.8. The van der Waals surface area contributed by atoms with Gasteiger partial charge < -0.3 is 9.47 Å². The van der Waals surface area contributed by atoms with Crippen LogP contribution in [-0.4, -0.2) is 31.5 Å².